The zero-order chi connectivity index (χ0) is 14.1. The fourth-order valence-corrected chi connectivity index (χ4v) is 2.69. The van der Waals surface area contributed by atoms with E-state index in [1.54, 1.807) is 11.4 Å². The molecule has 0 bridgehead atoms. The second-order valence-electron chi connectivity index (χ2n) is 4.01. The molecule has 1 heterocycles. The summed E-state index contributed by atoms with van der Waals surface area (Å²) in [5.74, 6) is -0.768. The topological polar surface area (TPSA) is 59.4 Å². The molecule has 20 heavy (non-hydrogen) atoms. The molecule has 4 nitrogen and oxygen atoms in total. The van der Waals surface area contributed by atoms with Gasteiger partial charge in [-0.1, -0.05) is 53.3 Å². The van der Waals surface area contributed by atoms with Crippen molar-refractivity contribution in [1.82, 2.24) is 4.98 Å². The lowest BCUT2D eigenvalue weighted by Crippen LogP contribution is -2.00. The van der Waals surface area contributed by atoms with Crippen LogP contribution in [0.4, 0.5) is 0 Å². The first-order valence-corrected chi connectivity index (χ1v) is 6.95. The Hall–Kier alpha value is -2.11. The maximum atomic E-state index is 11.3. The number of carboxylic acid groups (broad SMARTS) is 1. The number of fused-ring (bicyclic) bond motifs is 1. The van der Waals surface area contributed by atoms with Gasteiger partial charge in [0.2, 0.25) is 0 Å². The van der Waals surface area contributed by atoms with Crippen LogP contribution in [0.2, 0.25) is 5.15 Å². The molecule has 0 aliphatic carbocycles. The van der Waals surface area contributed by atoms with E-state index >= 15 is 0 Å². The van der Waals surface area contributed by atoms with Gasteiger partial charge in [-0.25, -0.2) is 4.79 Å². The molecule has 0 aliphatic heterocycles. The Kier molecular flexibility index (Phi) is 3.30. The fraction of sp³-hybridized carbons (Fsp3) is 0. The van der Waals surface area contributed by atoms with Gasteiger partial charge in [0, 0.05) is 10.8 Å². The van der Waals surface area contributed by atoms with Crippen molar-refractivity contribution in [2.45, 2.75) is 0 Å². The molecule has 6 heteroatoms. The molecule has 100 valence electrons. The third-order valence-corrected chi connectivity index (χ3v) is 3.79. The maximum absolute atomic E-state index is 11.3. The second-order valence-corrected chi connectivity index (χ2v) is 5.21. The van der Waals surface area contributed by atoms with Gasteiger partial charge in [-0.2, -0.15) is 4.98 Å². The van der Waals surface area contributed by atoms with Crippen LogP contribution in [0.15, 0.2) is 41.8 Å². The van der Waals surface area contributed by atoms with E-state index in [4.69, 9.17) is 16.3 Å². The van der Waals surface area contributed by atoms with E-state index in [-0.39, 0.29) is 11.3 Å². The SMILES string of the molecule is O=C(O)c1ccc2ccccc2c1Oc1nc(Cl)cs1. The first kappa shape index (κ1) is 12.9. The third kappa shape index (κ3) is 2.33. The summed E-state index contributed by atoms with van der Waals surface area (Å²) < 4.78 is 5.65. The van der Waals surface area contributed by atoms with E-state index in [2.05, 4.69) is 4.98 Å². The smallest absolute Gasteiger partial charge is 0.339 e. The quantitative estimate of drug-likeness (QED) is 0.777. The van der Waals surface area contributed by atoms with Crippen LogP contribution >= 0.6 is 22.9 Å². The summed E-state index contributed by atoms with van der Waals surface area (Å²) in [5.41, 5.74) is 0.0926. The van der Waals surface area contributed by atoms with Gasteiger partial charge in [-0.15, -0.1) is 0 Å². The van der Waals surface area contributed by atoms with E-state index < -0.39 is 5.97 Å². The highest BCUT2D eigenvalue weighted by Gasteiger charge is 2.16. The van der Waals surface area contributed by atoms with Crippen LogP contribution in [0, 0.1) is 0 Å². The highest BCUT2D eigenvalue weighted by molar-refractivity contribution is 7.11. The third-order valence-electron chi connectivity index (χ3n) is 2.75. The maximum Gasteiger partial charge on any atom is 0.339 e. The van der Waals surface area contributed by atoms with E-state index in [0.29, 0.717) is 10.3 Å². The second kappa shape index (κ2) is 5.11. The molecule has 1 aromatic heterocycles. The minimum atomic E-state index is -1.05. The van der Waals surface area contributed by atoms with Crippen molar-refractivity contribution in [3.63, 3.8) is 0 Å². The Labute approximate surface area is 123 Å². The number of carbonyl (C=O) groups is 1. The summed E-state index contributed by atoms with van der Waals surface area (Å²) in [6, 6.07) is 10.7. The summed E-state index contributed by atoms with van der Waals surface area (Å²) in [4.78, 5) is 15.3. The van der Waals surface area contributed by atoms with Crippen LogP contribution in [0.1, 0.15) is 10.4 Å². The molecule has 0 radical (unpaired) electrons. The van der Waals surface area contributed by atoms with Crippen molar-refractivity contribution in [2.75, 3.05) is 0 Å². The Morgan fingerprint density at radius 2 is 2.05 bits per heavy atom. The lowest BCUT2D eigenvalue weighted by Gasteiger charge is -2.09. The Morgan fingerprint density at radius 1 is 1.25 bits per heavy atom. The van der Waals surface area contributed by atoms with Gasteiger partial charge in [-0.3, -0.25) is 0 Å². The number of carboxylic acids is 1. The fourth-order valence-electron chi connectivity index (χ4n) is 1.89. The largest absolute Gasteiger partial charge is 0.478 e. The lowest BCUT2D eigenvalue weighted by molar-refractivity contribution is 0.0694. The standard InChI is InChI=1S/C14H8ClNO3S/c15-11-7-20-14(16-11)19-12-9-4-2-1-3-8(9)5-6-10(12)13(17)18/h1-7H,(H,17,18). The van der Waals surface area contributed by atoms with Crippen LogP contribution in [0.5, 0.6) is 10.9 Å². The molecular formula is C14H8ClNO3S. The van der Waals surface area contributed by atoms with Gasteiger partial charge < -0.3 is 9.84 Å². The molecule has 0 saturated heterocycles. The molecule has 0 unspecified atom stereocenters. The number of hydrogen-bond acceptors (Lipinski definition) is 4. The zero-order valence-electron chi connectivity index (χ0n) is 10.0. The number of rotatable bonds is 3. The van der Waals surface area contributed by atoms with Crippen molar-refractivity contribution >= 4 is 39.7 Å². The molecule has 3 aromatic rings. The number of halogens is 1. The summed E-state index contributed by atoms with van der Waals surface area (Å²) in [6.07, 6.45) is 0. The molecular weight excluding hydrogens is 298 g/mol. The first-order valence-electron chi connectivity index (χ1n) is 5.69. The average molecular weight is 306 g/mol. The van der Waals surface area contributed by atoms with Gasteiger partial charge in [0.25, 0.3) is 5.19 Å². The molecule has 0 saturated carbocycles. The van der Waals surface area contributed by atoms with Crippen LogP contribution in [-0.2, 0) is 0 Å². The number of ether oxygens (including phenoxy) is 1. The monoisotopic (exact) mass is 305 g/mol. The van der Waals surface area contributed by atoms with Crippen LogP contribution in [0.3, 0.4) is 0 Å². The molecule has 2 aromatic carbocycles. The van der Waals surface area contributed by atoms with Gasteiger partial charge in [0.1, 0.15) is 10.7 Å². The number of hydrogen-bond donors (Lipinski definition) is 1. The minimum Gasteiger partial charge on any atom is -0.478 e. The van der Waals surface area contributed by atoms with Crippen molar-refractivity contribution in [1.29, 1.82) is 0 Å². The summed E-state index contributed by atoms with van der Waals surface area (Å²) in [7, 11) is 0. The molecule has 0 aliphatic rings. The molecule has 0 spiro atoms. The number of aromatic carboxylic acids is 1. The Balaban J connectivity index is 2.19. The van der Waals surface area contributed by atoms with Crippen molar-refractivity contribution < 1.29 is 14.6 Å². The van der Waals surface area contributed by atoms with Gasteiger partial charge in [-0.05, 0) is 11.5 Å². The molecule has 0 amide bonds. The van der Waals surface area contributed by atoms with Gasteiger partial charge in [0.05, 0.1) is 0 Å². The molecule has 0 atom stereocenters. The Bertz CT molecular complexity index is 800. The predicted octanol–water partition coefficient (Wildman–Crippen LogP) is 4.44. The normalized spacial score (nSPS) is 10.7. The number of benzene rings is 2. The predicted molar refractivity (Wildman–Crippen MR) is 78.1 cm³/mol. The highest BCUT2D eigenvalue weighted by Crippen LogP contribution is 2.35. The lowest BCUT2D eigenvalue weighted by atomic mass is 10.1. The van der Waals surface area contributed by atoms with Crippen LogP contribution < -0.4 is 4.74 Å². The van der Waals surface area contributed by atoms with Crippen LogP contribution in [0.25, 0.3) is 10.8 Å². The summed E-state index contributed by atoms with van der Waals surface area (Å²) in [5, 5.41) is 13.2. The van der Waals surface area contributed by atoms with Crippen molar-refractivity contribution in [3.05, 3.63) is 52.5 Å². The van der Waals surface area contributed by atoms with E-state index in [0.717, 1.165) is 10.8 Å². The van der Waals surface area contributed by atoms with E-state index in [9.17, 15) is 9.90 Å². The molecule has 0 fully saturated rings. The van der Waals surface area contributed by atoms with Gasteiger partial charge in [0.15, 0.2) is 5.75 Å². The van der Waals surface area contributed by atoms with Crippen LogP contribution in [-0.4, -0.2) is 16.1 Å². The first-order chi connectivity index (χ1) is 9.65. The highest BCUT2D eigenvalue weighted by atomic mass is 35.5. The Morgan fingerprint density at radius 3 is 2.75 bits per heavy atom. The van der Waals surface area contributed by atoms with E-state index in [1.807, 2.05) is 24.3 Å². The zero-order valence-corrected chi connectivity index (χ0v) is 11.6. The van der Waals surface area contributed by atoms with Gasteiger partial charge >= 0.3 is 5.97 Å². The number of aromatic nitrogens is 1. The van der Waals surface area contributed by atoms with Crippen molar-refractivity contribution in [2.24, 2.45) is 0 Å². The number of thiazole rings is 1. The van der Waals surface area contributed by atoms with Crippen molar-refractivity contribution in [3.8, 4) is 10.9 Å². The molecule has 3 rings (SSSR count). The molecule has 1 N–H and O–H groups in total. The summed E-state index contributed by atoms with van der Waals surface area (Å²) in [6.45, 7) is 0. The minimum absolute atomic E-state index is 0.0926. The van der Waals surface area contributed by atoms with E-state index in [1.165, 1.54) is 17.4 Å². The number of nitrogens with zero attached hydrogens (tertiary/aromatic N) is 1. The average Bonchev–Trinajstić information content (AvgIpc) is 2.84. The summed E-state index contributed by atoms with van der Waals surface area (Å²) >= 11 is 6.97.